The van der Waals surface area contributed by atoms with Gasteiger partial charge in [-0.15, -0.1) is 0 Å². The molecule has 0 aliphatic rings. The van der Waals surface area contributed by atoms with Gasteiger partial charge in [-0.3, -0.25) is 0 Å². The van der Waals surface area contributed by atoms with E-state index in [0.29, 0.717) is 26.4 Å². The van der Waals surface area contributed by atoms with Crippen molar-refractivity contribution in [1.29, 1.82) is 0 Å². The predicted octanol–water partition coefficient (Wildman–Crippen LogP) is 21.2. The van der Waals surface area contributed by atoms with Gasteiger partial charge < -0.3 is 28.4 Å². The fourth-order valence-corrected chi connectivity index (χ4v) is 12.0. The van der Waals surface area contributed by atoms with Crippen LogP contribution in [0.25, 0.3) is 78.3 Å². The van der Waals surface area contributed by atoms with E-state index >= 15 is 0 Å². The molecule has 0 unspecified atom stereocenters. The topological polar surface area (TPSA) is 34.8 Å². The maximum Gasteiger partial charge on any atom is 0.0721 e. The summed E-state index contributed by atoms with van der Waals surface area (Å²) in [4.78, 5) is 4.71. The molecule has 0 spiro atoms. The van der Waals surface area contributed by atoms with E-state index in [1.165, 1.54) is 21.5 Å². The summed E-state index contributed by atoms with van der Waals surface area (Å²) in [6.45, 7) is 9.85. The molecule has 14 aromatic rings. The molecule has 86 heavy (non-hydrogen) atoms. The first-order valence-electron chi connectivity index (χ1n) is 29.3. The Labute approximate surface area is 502 Å². The number of hydrogen-bond acceptors (Lipinski definition) is 4. The van der Waals surface area contributed by atoms with E-state index < -0.39 is 0 Å². The molecule has 2 heterocycles. The average Bonchev–Trinajstić information content (AvgIpc) is 1.68. The zero-order chi connectivity index (χ0) is 57.8. The third-order valence-electron chi connectivity index (χ3n) is 16.3. The second kappa shape index (κ2) is 23.8. The summed E-state index contributed by atoms with van der Waals surface area (Å²) in [6.07, 6.45) is 3.73. The summed E-state index contributed by atoms with van der Waals surface area (Å²) in [7, 11) is 0. The highest BCUT2D eigenvalue weighted by atomic mass is 16.5. The van der Waals surface area contributed by atoms with Gasteiger partial charge in [0.05, 0.1) is 48.5 Å². The van der Waals surface area contributed by atoms with Gasteiger partial charge in [0.25, 0.3) is 0 Å². The Hall–Kier alpha value is -10.8. The fourth-order valence-electron chi connectivity index (χ4n) is 12.0. The number of fused-ring (bicyclic) bond motifs is 6. The normalized spacial score (nSPS) is 11.4. The second-order valence-corrected chi connectivity index (χ2v) is 21.8. The van der Waals surface area contributed by atoms with E-state index in [-0.39, 0.29) is 0 Å². The van der Waals surface area contributed by atoms with Crippen molar-refractivity contribution in [3.8, 4) is 22.5 Å². The van der Waals surface area contributed by atoms with Crippen LogP contribution in [-0.4, -0.2) is 9.13 Å². The van der Waals surface area contributed by atoms with Gasteiger partial charge in [0.2, 0.25) is 0 Å². The summed E-state index contributed by atoms with van der Waals surface area (Å²) in [5.41, 5.74) is 22.2. The van der Waals surface area contributed by atoms with E-state index in [1.807, 2.05) is 12.2 Å². The minimum absolute atomic E-state index is 0.498. The lowest BCUT2D eigenvalue weighted by Crippen LogP contribution is -2.10. The molecule has 0 aliphatic carbocycles. The third kappa shape index (κ3) is 10.7. The summed E-state index contributed by atoms with van der Waals surface area (Å²) >= 11 is 0. The molecule has 0 saturated carbocycles. The zero-order valence-electron chi connectivity index (χ0n) is 47.7. The fraction of sp³-hybridized carbons (Fsp3) is 0.0500. The smallest absolute Gasteiger partial charge is 0.0721 e. The maximum absolute atomic E-state index is 6.32. The first-order chi connectivity index (χ1) is 42.5. The van der Waals surface area contributed by atoms with Gasteiger partial charge >= 0.3 is 0 Å². The highest BCUT2D eigenvalue weighted by Crippen LogP contribution is 2.43. The zero-order valence-corrected chi connectivity index (χ0v) is 47.7. The monoisotopic (exact) mass is 1110 g/mol. The lowest BCUT2D eigenvalue weighted by Gasteiger charge is -2.26. The Balaban J connectivity index is 0.779. The lowest BCUT2D eigenvalue weighted by atomic mass is 10.0. The molecule has 0 aliphatic heterocycles. The maximum atomic E-state index is 6.32. The molecule has 2 aromatic heterocycles. The van der Waals surface area contributed by atoms with Crippen molar-refractivity contribution < 1.29 is 9.47 Å². The Morgan fingerprint density at radius 3 is 0.930 bits per heavy atom. The van der Waals surface area contributed by atoms with Crippen LogP contribution in [0.15, 0.2) is 304 Å². The minimum atomic E-state index is 0.498. The molecule has 0 bridgehead atoms. The van der Waals surface area contributed by atoms with Gasteiger partial charge in [-0.25, -0.2) is 0 Å². The number of nitrogens with zero attached hydrogens (tertiary/aromatic N) is 4. The van der Waals surface area contributed by atoms with Gasteiger partial charge in [0.15, 0.2) is 0 Å². The summed E-state index contributed by atoms with van der Waals surface area (Å²) in [5.74, 6) is 0. The molecule has 6 heteroatoms. The molecule has 0 N–H and O–H groups in total. The molecule has 6 nitrogen and oxygen atoms in total. The molecule has 14 rings (SSSR count). The molecule has 0 saturated heterocycles. The summed E-state index contributed by atoms with van der Waals surface area (Å²) in [5, 5.41) is 4.69. The Morgan fingerprint density at radius 1 is 0.279 bits per heavy atom. The Bertz CT molecular complexity index is 4390. The molecular weight excluding hydrogens is 1050 g/mol. The average molecular weight is 1110 g/mol. The number of rotatable bonds is 19. The lowest BCUT2D eigenvalue weighted by molar-refractivity contribution is 0.107. The van der Waals surface area contributed by atoms with Crippen molar-refractivity contribution in [1.82, 2.24) is 9.13 Å². The Morgan fingerprint density at radius 2 is 0.570 bits per heavy atom. The SMILES string of the molecule is C=Cc1ccc(COCc2ccc3c(c2)c2cc(N(c4ccccc4)c4ccc(-c5ccc(N(c6ccccc6)c6ccc7c(c6)c6cc(COCc8ccc(C=C)cc8)ccc6n7-c6ccccc6)cc5)cc4)ccc2n3-c2ccccc2)cc1. The van der Waals surface area contributed by atoms with Crippen LogP contribution >= 0.6 is 0 Å². The first-order valence-corrected chi connectivity index (χ1v) is 29.3. The molecule has 0 fully saturated rings. The molecular formula is C80H62N4O2. The second-order valence-electron chi connectivity index (χ2n) is 21.8. The van der Waals surface area contributed by atoms with Crippen LogP contribution in [0.2, 0.25) is 0 Å². The highest BCUT2D eigenvalue weighted by molar-refractivity contribution is 6.12. The van der Waals surface area contributed by atoms with E-state index in [2.05, 4.69) is 323 Å². The third-order valence-corrected chi connectivity index (χ3v) is 16.3. The van der Waals surface area contributed by atoms with Crippen molar-refractivity contribution >= 4 is 89.9 Å². The van der Waals surface area contributed by atoms with Gasteiger partial charge in [-0.1, -0.05) is 183 Å². The van der Waals surface area contributed by atoms with Crippen LogP contribution in [0, 0.1) is 0 Å². The molecule has 0 radical (unpaired) electrons. The van der Waals surface area contributed by atoms with Gasteiger partial charge in [-0.05, 0) is 178 Å². The molecule has 12 aromatic carbocycles. The van der Waals surface area contributed by atoms with E-state index in [4.69, 9.17) is 9.47 Å². The number of aromatic nitrogens is 2. The number of ether oxygens (including phenoxy) is 2. The van der Waals surface area contributed by atoms with Gasteiger partial charge in [-0.2, -0.15) is 0 Å². The minimum Gasteiger partial charge on any atom is -0.372 e. The van der Waals surface area contributed by atoms with Crippen molar-refractivity contribution in [2.45, 2.75) is 26.4 Å². The van der Waals surface area contributed by atoms with Crippen LogP contribution in [0.5, 0.6) is 0 Å². The number of anilines is 6. The first kappa shape index (κ1) is 53.3. The summed E-state index contributed by atoms with van der Waals surface area (Å²) < 4.78 is 17.4. The largest absolute Gasteiger partial charge is 0.372 e. The van der Waals surface area contributed by atoms with Gasteiger partial charge in [0.1, 0.15) is 0 Å². The van der Waals surface area contributed by atoms with Crippen molar-refractivity contribution in [3.63, 3.8) is 0 Å². The standard InChI is InChI=1S/C80H62N4O2/c1-3-57-25-29-59(30-26-57)53-85-55-61-33-45-77-73(49-61)75-51-71(43-47-79(75)83(77)67-21-13-7-14-22-67)81(65-17-9-5-10-18-65)69-39-35-63(36-40-69)64-37-41-70(42-38-64)82(66-19-11-6-12-20-66)72-44-48-80-76(52-72)74-50-62(56-86-54-60-31-27-58(4-2)28-32-60)34-46-78(74)84(80)68-23-15-8-16-24-68/h3-52H,1-2,53-56H2. The van der Waals surface area contributed by atoms with E-state index in [1.54, 1.807) is 0 Å². The van der Waals surface area contributed by atoms with Crippen molar-refractivity contribution in [3.05, 3.63) is 338 Å². The van der Waals surface area contributed by atoms with Crippen LogP contribution in [-0.2, 0) is 35.9 Å². The predicted molar refractivity (Wildman–Crippen MR) is 360 cm³/mol. The number of benzene rings is 12. The molecule has 0 amide bonds. The van der Waals surface area contributed by atoms with Crippen LogP contribution in [0.4, 0.5) is 34.1 Å². The number of para-hydroxylation sites is 4. The van der Waals surface area contributed by atoms with E-state index in [9.17, 15) is 0 Å². The van der Waals surface area contributed by atoms with Crippen molar-refractivity contribution in [2.24, 2.45) is 0 Å². The van der Waals surface area contributed by atoms with Crippen molar-refractivity contribution in [2.75, 3.05) is 9.80 Å². The molecule has 0 atom stereocenters. The summed E-state index contributed by atoms with van der Waals surface area (Å²) in [6, 6.07) is 104. The van der Waals surface area contributed by atoms with E-state index in [0.717, 1.165) is 112 Å². The Kier molecular flexibility index (Phi) is 14.8. The van der Waals surface area contributed by atoms with Gasteiger partial charge in [0, 0.05) is 67.0 Å². The highest BCUT2D eigenvalue weighted by Gasteiger charge is 2.21. The van der Waals surface area contributed by atoms with Crippen LogP contribution in [0.3, 0.4) is 0 Å². The van der Waals surface area contributed by atoms with Crippen LogP contribution < -0.4 is 9.80 Å². The molecule has 414 valence electrons. The van der Waals surface area contributed by atoms with Crippen LogP contribution in [0.1, 0.15) is 33.4 Å². The number of hydrogen-bond donors (Lipinski definition) is 0. The quantitative estimate of drug-likeness (QED) is 0.0808.